The highest BCUT2D eigenvalue weighted by Crippen LogP contribution is 2.32. The minimum Gasteiger partial charge on any atom is -0.370 e. The first-order valence-electron chi connectivity index (χ1n) is 6.07. The van der Waals surface area contributed by atoms with Crippen LogP contribution >= 0.6 is 0 Å². The molecule has 98 valence electrons. The summed E-state index contributed by atoms with van der Waals surface area (Å²) in [7, 11) is -3.14. The van der Waals surface area contributed by atoms with Crippen molar-refractivity contribution < 1.29 is 13.2 Å². The average molecular weight is 267 g/mol. The lowest BCUT2D eigenvalue weighted by atomic mass is 10.1. The second kappa shape index (κ2) is 5.10. The summed E-state index contributed by atoms with van der Waals surface area (Å²) in [6.07, 6.45) is 2.89. The van der Waals surface area contributed by atoms with Crippen LogP contribution in [-0.2, 0) is 21.1 Å². The van der Waals surface area contributed by atoms with Gasteiger partial charge in [0, 0.05) is 6.42 Å². The fourth-order valence-corrected chi connectivity index (χ4v) is 3.52. The van der Waals surface area contributed by atoms with E-state index >= 15 is 0 Å². The SMILES string of the molecule is NC(=O)CCc1ccc(S(=O)(=O)CC2CC2)cc1. The van der Waals surface area contributed by atoms with Gasteiger partial charge in [-0.25, -0.2) is 8.42 Å². The number of hydrogen-bond donors (Lipinski definition) is 1. The smallest absolute Gasteiger partial charge is 0.217 e. The Morgan fingerprint density at radius 1 is 1.22 bits per heavy atom. The molecule has 0 bridgehead atoms. The van der Waals surface area contributed by atoms with E-state index in [2.05, 4.69) is 0 Å². The molecule has 1 aromatic carbocycles. The molecule has 18 heavy (non-hydrogen) atoms. The standard InChI is InChI=1S/C13H17NO3S/c14-13(15)8-5-10-3-6-12(7-4-10)18(16,17)9-11-1-2-11/h3-4,6-7,11H,1-2,5,8-9H2,(H2,14,15). The van der Waals surface area contributed by atoms with Crippen LogP contribution in [0.5, 0.6) is 0 Å². The van der Waals surface area contributed by atoms with Crippen molar-refractivity contribution >= 4 is 15.7 Å². The lowest BCUT2D eigenvalue weighted by Gasteiger charge is -2.05. The third kappa shape index (κ3) is 3.57. The van der Waals surface area contributed by atoms with Crippen molar-refractivity contribution in [1.29, 1.82) is 0 Å². The number of amides is 1. The van der Waals surface area contributed by atoms with Gasteiger partial charge in [-0.1, -0.05) is 12.1 Å². The summed E-state index contributed by atoms with van der Waals surface area (Å²) in [6, 6.07) is 6.74. The van der Waals surface area contributed by atoms with Gasteiger partial charge in [-0.15, -0.1) is 0 Å². The molecule has 0 aliphatic heterocycles. The highest BCUT2D eigenvalue weighted by Gasteiger charge is 2.28. The zero-order valence-corrected chi connectivity index (χ0v) is 10.9. The normalized spacial score (nSPS) is 15.6. The molecular formula is C13H17NO3S. The predicted octanol–water partition coefficient (Wildman–Crippen LogP) is 1.29. The number of primary amides is 1. The predicted molar refractivity (Wildman–Crippen MR) is 68.7 cm³/mol. The van der Waals surface area contributed by atoms with Crippen LogP contribution in [0.15, 0.2) is 29.2 Å². The van der Waals surface area contributed by atoms with Gasteiger partial charge >= 0.3 is 0 Å². The monoisotopic (exact) mass is 267 g/mol. The molecule has 2 N–H and O–H groups in total. The number of carbonyl (C=O) groups is 1. The first kappa shape index (κ1) is 13.1. The number of aryl methyl sites for hydroxylation is 1. The Morgan fingerprint density at radius 3 is 2.33 bits per heavy atom. The molecule has 0 aromatic heterocycles. The zero-order chi connectivity index (χ0) is 13.2. The molecule has 0 spiro atoms. The highest BCUT2D eigenvalue weighted by atomic mass is 32.2. The quantitative estimate of drug-likeness (QED) is 0.843. The molecule has 0 unspecified atom stereocenters. The van der Waals surface area contributed by atoms with Gasteiger partial charge in [0.1, 0.15) is 0 Å². The van der Waals surface area contributed by atoms with Gasteiger partial charge in [0.2, 0.25) is 5.91 Å². The van der Waals surface area contributed by atoms with Crippen LogP contribution in [-0.4, -0.2) is 20.1 Å². The number of benzene rings is 1. The van der Waals surface area contributed by atoms with Crippen molar-refractivity contribution in [3.63, 3.8) is 0 Å². The molecule has 1 fully saturated rings. The maximum Gasteiger partial charge on any atom is 0.217 e. The summed E-state index contributed by atoms with van der Waals surface area (Å²) < 4.78 is 24.0. The van der Waals surface area contributed by atoms with Crippen molar-refractivity contribution in [2.45, 2.75) is 30.6 Å². The van der Waals surface area contributed by atoms with Crippen LogP contribution in [0.4, 0.5) is 0 Å². The van der Waals surface area contributed by atoms with Crippen molar-refractivity contribution in [1.82, 2.24) is 0 Å². The molecule has 1 aliphatic rings. The molecule has 1 aromatic rings. The van der Waals surface area contributed by atoms with E-state index in [0.717, 1.165) is 18.4 Å². The Balaban J connectivity index is 2.04. The summed E-state index contributed by atoms with van der Waals surface area (Å²) in [4.78, 5) is 11.0. The van der Waals surface area contributed by atoms with Crippen LogP contribution in [0.2, 0.25) is 0 Å². The van der Waals surface area contributed by atoms with Gasteiger partial charge < -0.3 is 5.73 Å². The van der Waals surface area contributed by atoms with E-state index in [1.165, 1.54) is 0 Å². The van der Waals surface area contributed by atoms with E-state index in [0.29, 0.717) is 17.2 Å². The van der Waals surface area contributed by atoms with E-state index in [1.54, 1.807) is 24.3 Å². The molecule has 2 rings (SSSR count). The summed E-state index contributed by atoms with van der Waals surface area (Å²) in [6.45, 7) is 0. The van der Waals surface area contributed by atoms with Gasteiger partial charge in [-0.2, -0.15) is 0 Å². The topological polar surface area (TPSA) is 77.2 Å². The molecule has 5 heteroatoms. The third-order valence-electron chi connectivity index (χ3n) is 3.09. The van der Waals surface area contributed by atoms with E-state index in [-0.39, 0.29) is 18.1 Å². The van der Waals surface area contributed by atoms with Crippen LogP contribution in [0.3, 0.4) is 0 Å². The molecule has 0 heterocycles. The van der Waals surface area contributed by atoms with Gasteiger partial charge in [-0.05, 0) is 42.9 Å². The zero-order valence-electron chi connectivity index (χ0n) is 10.1. The van der Waals surface area contributed by atoms with Gasteiger partial charge in [0.15, 0.2) is 9.84 Å². The van der Waals surface area contributed by atoms with E-state index in [1.807, 2.05) is 0 Å². The lowest BCUT2D eigenvalue weighted by molar-refractivity contribution is -0.117. The molecule has 0 atom stereocenters. The van der Waals surface area contributed by atoms with Gasteiger partial charge in [-0.3, -0.25) is 4.79 Å². The second-order valence-electron chi connectivity index (χ2n) is 4.84. The second-order valence-corrected chi connectivity index (χ2v) is 6.87. The largest absolute Gasteiger partial charge is 0.370 e. The van der Waals surface area contributed by atoms with Gasteiger partial charge in [0.25, 0.3) is 0 Å². The lowest BCUT2D eigenvalue weighted by Crippen LogP contribution is -2.11. The Hall–Kier alpha value is -1.36. The first-order valence-corrected chi connectivity index (χ1v) is 7.72. The molecule has 1 amide bonds. The fraction of sp³-hybridized carbons (Fsp3) is 0.462. The summed E-state index contributed by atoms with van der Waals surface area (Å²) >= 11 is 0. The fourth-order valence-electron chi connectivity index (χ4n) is 1.82. The van der Waals surface area contributed by atoms with Crippen LogP contribution in [0.1, 0.15) is 24.8 Å². The minimum absolute atomic E-state index is 0.258. The molecule has 0 saturated heterocycles. The summed E-state index contributed by atoms with van der Waals surface area (Å²) in [5, 5.41) is 0. The number of sulfone groups is 1. The number of nitrogens with two attached hydrogens (primary N) is 1. The van der Waals surface area contributed by atoms with Gasteiger partial charge in [0.05, 0.1) is 10.6 Å². The third-order valence-corrected chi connectivity index (χ3v) is 5.00. The van der Waals surface area contributed by atoms with Crippen LogP contribution < -0.4 is 5.73 Å². The minimum atomic E-state index is -3.14. The molecule has 1 saturated carbocycles. The van der Waals surface area contributed by atoms with E-state index in [4.69, 9.17) is 5.73 Å². The van der Waals surface area contributed by atoms with Crippen molar-refractivity contribution in [2.24, 2.45) is 11.7 Å². The maximum absolute atomic E-state index is 12.0. The highest BCUT2D eigenvalue weighted by molar-refractivity contribution is 7.91. The number of carbonyl (C=O) groups excluding carboxylic acids is 1. The summed E-state index contributed by atoms with van der Waals surface area (Å²) in [5.41, 5.74) is 6.00. The first-order chi connectivity index (χ1) is 8.47. The average Bonchev–Trinajstić information content (AvgIpc) is 3.10. The Kier molecular flexibility index (Phi) is 3.71. The van der Waals surface area contributed by atoms with Crippen LogP contribution in [0, 0.1) is 5.92 Å². The molecule has 4 nitrogen and oxygen atoms in total. The van der Waals surface area contributed by atoms with Crippen molar-refractivity contribution in [3.05, 3.63) is 29.8 Å². The molecule has 0 radical (unpaired) electrons. The van der Waals surface area contributed by atoms with E-state index in [9.17, 15) is 13.2 Å². The Bertz CT molecular complexity index is 530. The maximum atomic E-state index is 12.0. The number of hydrogen-bond acceptors (Lipinski definition) is 3. The van der Waals surface area contributed by atoms with Crippen LogP contribution in [0.25, 0.3) is 0 Å². The molecule has 1 aliphatic carbocycles. The Labute approximate surface area is 107 Å². The van der Waals surface area contributed by atoms with Crippen molar-refractivity contribution in [3.8, 4) is 0 Å². The van der Waals surface area contributed by atoms with Crippen molar-refractivity contribution in [2.75, 3.05) is 5.75 Å². The van der Waals surface area contributed by atoms with E-state index < -0.39 is 9.84 Å². The number of rotatable bonds is 6. The Morgan fingerprint density at radius 2 is 1.83 bits per heavy atom. The summed E-state index contributed by atoms with van der Waals surface area (Å²) in [5.74, 6) is 0.262. The molecular weight excluding hydrogens is 250 g/mol.